The van der Waals surface area contributed by atoms with Crippen molar-refractivity contribution in [3.8, 4) is 0 Å². The Morgan fingerprint density at radius 3 is 2.45 bits per heavy atom. The summed E-state index contributed by atoms with van der Waals surface area (Å²) in [5.74, 6) is 0.0705. The highest BCUT2D eigenvalue weighted by atomic mass is 16.3. The second-order valence-electron chi connectivity index (χ2n) is 3.26. The summed E-state index contributed by atoms with van der Waals surface area (Å²) in [7, 11) is 0. The summed E-state index contributed by atoms with van der Waals surface area (Å²) in [6, 6.07) is -0.520. The summed E-state index contributed by atoms with van der Waals surface area (Å²) in [5, 5.41) is 21.3. The SMILES string of the molecule is CC1CC(N=O)C(O)CC1O. The summed E-state index contributed by atoms with van der Waals surface area (Å²) in [4.78, 5) is 10.1. The minimum absolute atomic E-state index is 0.0705. The molecule has 2 N–H and O–H groups in total. The van der Waals surface area contributed by atoms with Crippen molar-refractivity contribution in [1.29, 1.82) is 0 Å². The van der Waals surface area contributed by atoms with Gasteiger partial charge in [-0.2, -0.15) is 4.91 Å². The number of aliphatic hydroxyl groups is 2. The van der Waals surface area contributed by atoms with Gasteiger partial charge in [0.15, 0.2) is 0 Å². The van der Waals surface area contributed by atoms with Crippen molar-refractivity contribution in [2.24, 2.45) is 11.1 Å². The standard InChI is InChI=1S/C7H13NO3/c1-4-2-5(8-11)7(10)3-6(4)9/h4-7,9-10H,2-3H2,1H3. The van der Waals surface area contributed by atoms with Crippen LogP contribution < -0.4 is 0 Å². The average Bonchev–Trinajstić information content (AvgIpc) is 1.97. The van der Waals surface area contributed by atoms with E-state index in [1.807, 2.05) is 6.92 Å². The first-order valence-electron chi connectivity index (χ1n) is 3.83. The van der Waals surface area contributed by atoms with Crippen LogP contribution in [0.2, 0.25) is 0 Å². The van der Waals surface area contributed by atoms with E-state index in [0.717, 1.165) is 0 Å². The second-order valence-corrected chi connectivity index (χ2v) is 3.26. The molecule has 1 rings (SSSR count). The molecule has 0 aromatic carbocycles. The van der Waals surface area contributed by atoms with Crippen molar-refractivity contribution in [2.45, 2.75) is 38.0 Å². The Morgan fingerprint density at radius 2 is 1.91 bits per heavy atom. The number of nitrogens with zero attached hydrogens (tertiary/aromatic N) is 1. The van der Waals surface area contributed by atoms with E-state index in [2.05, 4.69) is 5.18 Å². The highest BCUT2D eigenvalue weighted by Gasteiger charge is 2.33. The zero-order valence-electron chi connectivity index (χ0n) is 6.47. The molecule has 4 heteroatoms. The fourth-order valence-electron chi connectivity index (χ4n) is 1.45. The van der Waals surface area contributed by atoms with Gasteiger partial charge in [-0.05, 0) is 12.3 Å². The van der Waals surface area contributed by atoms with Gasteiger partial charge in [0.05, 0.1) is 12.2 Å². The first-order valence-corrected chi connectivity index (χ1v) is 3.83. The van der Waals surface area contributed by atoms with Crippen LogP contribution in [0.25, 0.3) is 0 Å². The Morgan fingerprint density at radius 1 is 1.27 bits per heavy atom. The molecule has 0 heterocycles. The summed E-state index contributed by atoms with van der Waals surface area (Å²) in [6.07, 6.45) is -0.467. The van der Waals surface area contributed by atoms with Crippen molar-refractivity contribution in [3.63, 3.8) is 0 Å². The van der Waals surface area contributed by atoms with Crippen LogP contribution in [-0.4, -0.2) is 28.5 Å². The predicted octanol–water partition coefficient (Wildman–Crippen LogP) is 0.273. The van der Waals surface area contributed by atoms with Gasteiger partial charge in [0.25, 0.3) is 0 Å². The van der Waals surface area contributed by atoms with Crippen molar-refractivity contribution in [2.75, 3.05) is 0 Å². The van der Waals surface area contributed by atoms with E-state index in [0.29, 0.717) is 6.42 Å². The molecule has 4 unspecified atom stereocenters. The number of aliphatic hydroxyl groups excluding tert-OH is 2. The molecule has 1 saturated carbocycles. The van der Waals surface area contributed by atoms with Gasteiger partial charge in [0, 0.05) is 6.42 Å². The van der Waals surface area contributed by atoms with Gasteiger partial charge in [-0.3, -0.25) is 0 Å². The van der Waals surface area contributed by atoms with Gasteiger partial charge >= 0.3 is 0 Å². The molecular weight excluding hydrogens is 146 g/mol. The number of nitroso groups, excluding NO2 is 1. The van der Waals surface area contributed by atoms with Crippen molar-refractivity contribution >= 4 is 0 Å². The minimum Gasteiger partial charge on any atom is -0.393 e. The first kappa shape index (κ1) is 8.62. The Bertz CT molecular complexity index is 151. The van der Waals surface area contributed by atoms with E-state index < -0.39 is 18.2 Å². The molecule has 0 bridgehead atoms. The zero-order valence-corrected chi connectivity index (χ0v) is 6.47. The molecule has 1 aliphatic rings. The predicted molar refractivity (Wildman–Crippen MR) is 40.0 cm³/mol. The summed E-state index contributed by atoms with van der Waals surface area (Å²) in [5.41, 5.74) is 0. The lowest BCUT2D eigenvalue weighted by atomic mass is 9.83. The van der Waals surface area contributed by atoms with Crippen LogP contribution in [0.3, 0.4) is 0 Å². The van der Waals surface area contributed by atoms with Gasteiger partial charge in [-0.1, -0.05) is 12.1 Å². The van der Waals surface area contributed by atoms with Crippen molar-refractivity contribution in [3.05, 3.63) is 4.91 Å². The van der Waals surface area contributed by atoms with Crippen LogP contribution in [0.4, 0.5) is 0 Å². The van der Waals surface area contributed by atoms with E-state index in [1.54, 1.807) is 0 Å². The van der Waals surface area contributed by atoms with E-state index >= 15 is 0 Å². The maximum absolute atomic E-state index is 10.1. The molecule has 0 spiro atoms. The lowest BCUT2D eigenvalue weighted by Crippen LogP contribution is -2.39. The van der Waals surface area contributed by atoms with Gasteiger partial charge in [0.1, 0.15) is 6.04 Å². The fourth-order valence-corrected chi connectivity index (χ4v) is 1.45. The molecule has 11 heavy (non-hydrogen) atoms. The molecule has 1 aliphatic carbocycles. The van der Waals surface area contributed by atoms with Crippen LogP contribution in [0.15, 0.2) is 5.18 Å². The lowest BCUT2D eigenvalue weighted by Gasteiger charge is -2.31. The Hall–Kier alpha value is -0.480. The van der Waals surface area contributed by atoms with Crippen LogP contribution >= 0.6 is 0 Å². The van der Waals surface area contributed by atoms with E-state index in [1.165, 1.54) is 0 Å². The molecule has 1 fully saturated rings. The average molecular weight is 159 g/mol. The summed E-state index contributed by atoms with van der Waals surface area (Å²) < 4.78 is 0. The van der Waals surface area contributed by atoms with Gasteiger partial charge in [-0.25, -0.2) is 0 Å². The highest BCUT2D eigenvalue weighted by Crippen LogP contribution is 2.26. The Labute approximate surface area is 65.2 Å². The zero-order chi connectivity index (χ0) is 8.43. The quantitative estimate of drug-likeness (QED) is 0.539. The molecule has 64 valence electrons. The topological polar surface area (TPSA) is 69.9 Å². The van der Waals surface area contributed by atoms with Crippen LogP contribution in [0.1, 0.15) is 19.8 Å². The third kappa shape index (κ3) is 1.75. The number of hydrogen-bond acceptors (Lipinski definition) is 4. The molecule has 0 radical (unpaired) electrons. The minimum atomic E-state index is -0.751. The highest BCUT2D eigenvalue weighted by molar-refractivity contribution is 4.87. The molecule has 0 aromatic heterocycles. The normalized spacial score (nSPS) is 45.4. The largest absolute Gasteiger partial charge is 0.393 e. The third-order valence-electron chi connectivity index (χ3n) is 2.33. The summed E-state index contributed by atoms with van der Waals surface area (Å²) >= 11 is 0. The maximum Gasteiger partial charge on any atom is 0.118 e. The van der Waals surface area contributed by atoms with Crippen molar-refractivity contribution in [1.82, 2.24) is 0 Å². The first-order chi connectivity index (χ1) is 5.15. The fraction of sp³-hybridized carbons (Fsp3) is 1.00. The Kier molecular flexibility index (Phi) is 2.57. The van der Waals surface area contributed by atoms with Gasteiger partial charge < -0.3 is 10.2 Å². The van der Waals surface area contributed by atoms with Crippen LogP contribution in [-0.2, 0) is 0 Å². The van der Waals surface area contributed by atoms with Gasteiger partial charge in [-0.15, -0.1) is 0 Å². The Balaban J connectivity index is 2.54. The molecule has 0 aliphatic heterocycles. The van der Waals surface area contributed by atoms with Gasteiger partial charge in [0.2, 0.25) is 0 Å². The maximum atomic E-state index is 10.1. The monoisotopic (exact) mass is 159 g/mol. The molecular formula is C7H13NO3. The second kappa shape index (κ2) is 3.28. The molecule has 4 nitrogen and oxygen atoms in total. The molecule has 0 amide bonds. The van der Waals surface area contributed by atoms with Crippen molar-refractivity contribution < 1.29 is 10.2 Å². The van der Waals surface area contributed by atoms with E-state index in [-0.39, 0.29) is 12.3 Å². The number of hydrogen-bond donors (Lipinski definition) is 2. The molecule has 4 atom stereocenters. The lowest BCUT2D eigenvalue weighted by molar-refractivity contribution is -0.00465. The van der Waals surface area contributed by atoms with Crippen LogP contribution in [0.5, 0.6) is 0 Å². The van der Waals surface area contributed by atoms with Crippen LogP contribution in [0, 0.1) is 10.8 Å². The van der Waals surface area contributed by atoms with E-state index in [4.69, 9.17) is 0 Å². The number of rotatable bonds is 1. The molecule has 0 saturated heterocycles. The van der Waals surface area contributed by atoms with E-state index in [9.17, 15) is 15.1 Å². The molecule has 0 aromatic rings. The smallest absolute Gasteiger partial charge is 0.118 e. The summed E-state index contributed by atoms with van der Waals surface area (Å²) in [6.45, 7) is 1.86. The third-order valence-corrected chi connectivity index (χ3v) is 2.33.